The summed E-state index contributed by atoms with van der Waals surface area (Å²) in [5.41, 5.74) is 0.527. The number of rotatable bonds is 9. The Labute approximate surface area is 207 Å². The molecule has 2 atom stereocenters. The molecule has 3 N–H and O–H groups in total. The minimum atomic E-state index is -3.00. The largest absolute Gasteiger partial charge is 0.393 e. The van der Waals surface area contributed by atoms with Crippen LogP contribution in [0.2, 0.25) is 0 Å². The van der Waals surface area contributed by atoms with E-state index in [2.05, 4.69) is 25.6 Å². The van der Waals surface area contributed by atoms with Gasteiger partial charge in [-0.05, 0) is 37.5 Å². The van der Waals surface area contributed by atoms with Gasteiger partial charge in [-0.25, -0.2) is 18.7 Å². The van der Waals surface area contributed by atoms with Crippen LogP contribution in [-0.4, -0.2) is 37.9 Å². The van der Waals surface area contributed by atoms with E-state index in [-0.39, 0.29) is 42.3 Å². The smallest absolute Gasteiger partial charge is 0.272 e. The third-order valence-electron chi connectivity index (χ3n) is 6.38. The molecule has 1 aromatic carbocycles. The zero-order valence-electron chi connectivity index (χ0n) is 19.7. The molecule has 0 spiro atoms. The lowest BCUT2D eigenvalue weighted by atomic mass is 9.79. The van der Waals surface area contributed by atoms with Crippen molar-refractivity contribution in [3.63, 3.8) is 0 Å². The lowest BCUT2D eigenvalue weighted by Gasteiger charge is -2.27. The second kappa shape index (κ2) is 10.4. The molecule has 0 radical (unpaired) electrons. The van der Waals surface area contributed by atoms with Gasteiger partial charge in [-0.1, -0.05) is 18.2 Å². The molecule has 0 aliphatic heterocycles. The number of ketones is 1. The Hall–Kier alpha value is -3.79. The summed E-state index contributed by atoms with van der Waals surface area (Å²) < 4.78 is 27.8. The monoisotopic (exact) mass is 495 g/mol. The Morgan fingerprint density at radius 3 is 2.53 bits per heavy atom. The number of pyridine rings is 1. The topological polar surface area (TPSA) is 117 Å². The van der Waals surface area contributed by atoms with E-state index in [1.807, 2.05) is 0 Å². The second-order valence-electron chi connectivity index (χ2n) is 9.18. The molecular weight excluding hydrogens is 468 g/mol. The number of hydrogen-bond donors (Lipinski definition) is 3. The highest BCUT2D eigenvalue weighted by Gasteiger charge is 2.46. The zero-order valence-corrected chi connectivity index (χ0v) is 19.7. The number of Topliss-reactive ketones (excluding diaryl/α,β-unsaturated/α-hetero) is 1. The minimum absolute atomic E-state index is 0.0545. The molecule has 1 fully saturated rings. The van der Waals surface area contributed by atoms with Gasteiger partial charge in [0, 0.05) is 37.0 Å². The Bertz CT molecular complexity index is 1220. The van der Waals surface area contributed by atoms with Crippen molar-refractivity contribution >= 4 is 23.1 Å². The van der Waals surface area contributed by atoms with E-state index in [9.17, 15) is 23.5 Å². The Morgan fingerprint density at radius 2 is 1.89 bits per heavy atom. The molecule has 2 unspecified atom stereocenters. The van der Waals surface area contributed by atoms with Crippen LogP contribution in [0.4, 0.5) is 20.2 Å². The fourth-order valence-electron chi connectivity index (χ4n) is 4.49. The predicted octanol–water partition coefficient (Wildman–Crippen LogP) is 4.15. The van der Waals surface area contributed by atoms with Gasteiger partial charge in [0.25, 0.3) is 5.92 Å². The maximum absolute atomic E-state index is 13.9. The molecule has 10 heteroatoms. The Balaban J connectivity index is 1.40. The molecule has 4 rings (SSSR count). The van der Waals surface area contributed by atoms with Crippen LogP contribution in [0.1, 0.15) is 54.2 Å². The Morgan fingerprint density at radius 1 is 1.14 bits per heavy atom. The number of hydrogen-bond acceptors (Lipinski definition) is 7. The molecule has 2 aromatic heterocycles. The van der Waals surface area contributed by atoms with Gasteiger partial charge in [0.15, 0.2) is 5.78 Å². The highest BCUT2D eigenvalue weighted by atomic mass is 19.3. The van der Waals surface area contributed by atoms with Gasteiger partial charge in [-0.15, -0.1) is 0 Å². The normalized spacial score (nSPS) is 19.6. The van der Waals surface area contributed by atoms with Crippen molar-refractivity contribution in [2.75, 3.05) is 5.32 Å². The van der Waals surface area contributed by atoms with E-state index >= 15 is 0 Å². The first-order chi connectivity index (χ1) is 17.2. The third-order valence-corrected chi connectivity index (χ3v) is 6.38. The van der Waals surface area contributed by atoms with Crippen molar-refractivity contribution in [2.45, 2.75) is 51.2 Å². The lowest BCUT2D eigenvalue weighted by Crippen LogP contribution is -2.41. The highest BCUT2D eigenvalue weighted by Crippen LogP contribution is 2.42. The third kappa shape index (κ3) is 5.88. The van der Waals surface area contributed by atoms with Gasteiger partial charge in [0.1, 0.15) is 6.33 Å². The van der Waals surface area contributed by atoms with Gasteiger partial charge in [-0.3, -0.25) is 14.6 Å². The number of aliphatic hydroxyl groups excluding tert-OH is 1. The summed E-state index contributed by atoms with van der Waals surface area (Å²) in [5, 5.41) is 15.9. The van der Waals surface area contributed by atoms with Gasteiger partial charge < -0.3 is 15.7 Å². The van der Waals surface area contributed by atoms with Crippen molar-refractivity contribution in [3.05, 3.63) is 78.1 Å². The van der Waals surface area contributed by atoms with Crippen molar-refractivity contribution < 1.29 is 23.5 Å². The van der Waals surface area contributed by atoms with Gasteiger partial charge >= 0.3 is 0 Å². The summed E-state index contributed by atoms with van der Waals surface area (Å²) in [7, 11) is 0. The second-order valence-corrected chi connectivity index (χ2v) is 9.18. The molecule has 2 heterocycles. The number of alkyl halides is 2. The quantitative estimate of drug-likeness (QED) is 0.382. The standard InChI is InChI=1S/C26H27F2N5O3/c1-25(27,28)21-4-2-3-5-22(21)33-19-7-6-18(31-15-19)14-32-24(36)26(9-8-20(34)10-26)11-23(35)17-12-29-16-30-13-17/h2-7,12-13,15-16,20,33-34H,8-11,14H2,1H3,(H,32,36). The fraction of sp³-hybridized carbons (Fsp3) is 0.346. The van der Waals surface area contributed by atoms with Crippen molar-refractivity contribution in [2.24, 2.45) is 5.41 Å². The van der Waals surface area contributed by atoms with E-state index < -0.39 is 17.4 Å². The summed E-state index contributed by atoms with van der Waals surface area (Å²) in [6.07, 6.45) is 5.94. The first kappa shape index (κ1) is 25.3. The first-order valence-electron chi connectivity index (χ1n) is 11.6. The van der Waals surface area contributed by atoms with Crippen LogP contribution in [0.5, 0.6) is 0 Å². The van der Waals surface area contributed by atoms with Crippen LogP contribution in [0.15, 0.2) is 61.3 Å². The number of benzene rings is 1. The average Bonchev–Trinajstić information content (AvgIpc) is 3.25. The number of carbonyl (C=O) groups excluding carboxylic acids is 2. The zero-order chi connectivity index (χ0) is 25.8. The summed E-state index contributed by atoms with van der Waals surface area (Å²) >= 11 is 0. The van der Waals surface area contributed by atoms with Crippen molar-refractivity contribution in [1.29, 1.82) is 0 Å². The van der Waals surface area contributed by atoms with Gasteiger partial charge in [0.2, 0.25) is 5.91 Å². The summed E-state index contributed by atoms with van der Waals surface area (Å²) in [6, 6.07) is 9.52. The van der Waals surface area contributed by atoms with Crippen LogP contribution >= 0.6 is 0 Å². The summed E-state index contributed by atoms with van der Waals surface area (Å²) in [4.78, 5) is 38.0. The molecule has 1 aliphatic carbocycles. The fourth-order valence-corrected chi connectivity index (χ4v) is 4.49. The molecule has 1 amide bonds. The Kier molecular flexibility index (Phi) is 7.35. The number of carbonyl (C=O) groups is 2. The number of halogens is 2. The summed E-state index contributed by atoms with van der Waals surface area (Å²) in [6.45, 7) is 0.956. The SMILES string of the molecule is CC(F)(F)c1ccccc1Nc1ccc(CNC(=O)C2(CC(=O)c3cncnc3)CCC(O)C2)nc1. The van der Waals surface area contributed by atoms with Gasteiger partial charge in [0.05, 0.1) is 41.2 Å². The van der Waals surface area contributed by atoms with Crippen LogP contribution in [0.3, 0.4) is 0 Å². The molecule has 0 bridgehead atoms. The van der Waals surface area contributed by atoms with Crippen molar-refractivity contribution in [1.82, 2.24) is 20.3 Å². The number of aliphatic hydroxyl groups is 1. The number of anilines is 2. The maximum atomic E-state index is 13.9. The lowest BCUT2D eigenvalue weighted by molar-refractivity contribution is -0.131. The van der Waals surface area contributed by atoms with E-state index in [4.69, 9.17) is 0 Å². The number of nitrogens with zero attached hydrogens (tertiary/aromatic N) is 3. The van der Waals surface area contributed by atoms with Gasteiger partial charge in [-0.2, -0.15) is 0 Å². The number of amides is 1. The minimum Gasteiger partial charge on any atom is -0.393 e. The van der Waals surface area contributed by atoms with E-state index in [1.54, 1.807) is 30.3 Å². The van der Waals surface area contributed by atoms with E-state index in [1.165, 1.54) is 31.0 Å². The summed E-state index contributed by atoms with van der Waals surface area (Å²) in [5.74, 6) is -3.58. The first-order valence-corrected chi connectivity index (χ1v) is 11.6. The average molecular weight is 496 g/mol. The number of para-hydroxylation sites is 1. The molecule has 8 nitrogen and oxygen atoms in total. The van der Waals surface area contributed by atoms with E-state index in [0.29, 0.717) is 29.8 Å². The molecule has 36 heavy (non-hydrogen) atoms. The van der Waals surface area contributed by atoms with E-state index in [0.717, 1.165) is 6.92 Å². The highest BCUT2D eigenvalue weighted by molar-refractivity contribution is 5.99. The van der Waals surface area contributed by atoms with Crippen LogP contribution in [-0.2, 0) is 17.3 Å². The van der Waals surface area contributed by atoms with Crippen LogP contribution in [0.25, 0.3) is 0 Å². The maximum Gasteiger partial charge on any atom is 0.272 e. The molecule has 3 aromatic rings. The molecule has 0 saturated heterocycles. The van der Waals surface area contributed by atoms with Crippen LogP contribution in [0, 0.1) is 5.41 Å². The number of aromatic nitrogens is 3. The van der Waals surface area contributed by atoms with Crippen molar-refractivity contribution in [3.8, 4) is 0 Å². The number of nitrogens with one attached hydrogen (secondary N) is 2. The molecular formula is C26H27F2N5O3. The van der Waals surface area contributed by atoms with Crippen LogP contribution < -0.4 is 10.6 Å². The predicted molar refractivity (Wildman–Crippen MR) is 129 cm³/mol. The molecule has 1 aliphatic rings. The molecule has 188 valence electrons. The molecule has 1 saturated carbocycles.